The number of hydrogen-bond acceptors (Lipinski definition) is 2. The molecular formula is C59H66N2. The molecule has 8 aromatic rings. The normalized spacial score (nSPS) is 12.0. The summed E-state index contributed by atoms with van der Waals surface area (Å²) in [5.74, 6) is 0.625. The maximum atomic E-state index is 2.60. The largest absolute Gasteiger partial charge is 0.310 e. The van der Waals surface area contributed by atoms with Gasteiger partial charge < -0.3 is 9.80 Å². The van der Waals surface area contributed by atoms with Crippen molar-refractivity contribution >= 4 is 66.4 Å². The van der Waals surface area contributed by atoms with E-state index in [0.717, 1.165) is 0 Å². The Kier molecular flexibility index (Phi) is 10.6. The molecule has 0 atom stereocenters. The second-order valence-corrected chi connectivity index (χ2v) is 19.2. The third-order valence-electron chi connectivity index (χ3n) is 14.8. The first kappa shape index (κ1) is 42.1. The molecule has 0 aliphatic rings. The van der Waals surface area contributed by atoms with Crippen molar-refractivity contribution in [2.24, 2.45) is 0 Å². The van der Waals surface area contributed by atoms with Crippen LogP contribution in [0.1, 0.15) is 123 Å². The fourth-order valence-electron chi connectivity index (χ4n) is 10.0. The SMILES string of the molecule is Cc1cc(N(c2cc(C)c(C)c(C)c2)c2cc(C(C)C)c3ccc4c(N(c5cc(C)c(C)c(C)c5)c5cc(C)c(C)c(C)c5C)cc(C(C)C)c5ccc2c3c54)cc(C)c1C. The molecule has 0 bridgehead atoms. The summed E-state index contributed by atoms with van der Waals surface area (Å²) < 4.78 is 0. The van der Waals surface area contributed by atoms with E-state index in [9.17, 15) is 0 Å². The Morgan fingerprint density at radius 2 is 0.607 bits per heavy atom. The fourth-order valence-corrected chi connectivity index (χ4v) is 10.0. The molecular weight excluding hydrogens is 737 g/mol. The minimum atomic E-state index is 0.312. The first-order valence-corrected chi connectivity index (χ1v) is 22.5. The van der Waals surface area contributed by atoms with Crippen LogP contribution in [0, 0.1) is 90.0 Å². The summed E-state index contributed by atoms with van der Waals surface area (Å²) >= 11 is 0. The smallest absolute Gasteiger partial charge is 0.0543 e. The average Bonchev–Trinajstić information content (AvgIpc) is 3.21. The van der Waals surface area contributed by atoms with E-state index in [0.29, 0.717) is 11.8 Å². The van der Waals surface area contributed by atoms with Crippen LogP contribution in [-0.4, -0.2) is 0 Å². The Morgan fingerprint density at radius 3 is 0.967 bits per heavy atom. The molecule has 0 saturated carbocycles. The average molecular weight is 803 g/mol. The van der Waals surface area contributed by atoms with Gasteiger partial charge in [-0.25, -0.2) is 0 Å². The molecule has 0 unspecified atom stereocenters. The van der Waals surface area contributed by atoms with Crippen LogP contribution in [0.25, 0.3) is 32.3 Å². The number of aryl methyl sites for hydroxylation is 7. The summed E-state index contributed by atoms with van der Waals surface area (Å²) in [6.45, 7) is 38.9. The fraction of sp³-hybridized carbons (Fsp3) is 0.322. The lowest BCUT2D eigenvalue weighted by atomic mass is 9.83. The number of nitrogens with zero attached hydrogens (tertiary/aromatic N) is 2. The molecule has 0 N–H and O–H groups in total. The van der Waals surface area contributed by atoms with Gasteiger partial charge in [0.1, 0.15) is 0 Å². The number of benzene rings is 8. The molecule has 0 aliphatic carbocycles. The van der Waals surface area contributed by atoms with Gasteiger partial charge in [-0.1, -0.05) is 52.0 Å². The van der Waals surface area contributed by atoms with Gasteiger partial charge in [0, 0.05) is 33.5 Å². The molecule has 8 rings (SSSR count). The molecule has 0 aliphatic heterocycles. The second kappa shape index (κ2) is 15.4. The van der Waals surface area contributed by atoms with E-state index in [4.69, 9.17) is 0 Å². The standard InChI is InChI=1S/C59H66N2/c1-31(2)53-29-56(60(46-22-33(5)40(12)34(6)23-46)47-24-35(7)41(13)36(8)25-47)51-20-18-50-54(32(3)4)30-57(52-21-19-49(53)58(51)59(50)52)61(48-26-37(9)42(14)38(10)27-48)55-28-39(11)43(15)44(16)45(55)17/h18-32H,1-17H3. The predicted octanol–water partition coefficient (Wildman–Crippen LogP) is 17.8. The van der Waals surface area contributed by atoms with Gasteiger partial charge in [-0.3, -0.25) is 0 Å². The maximum absolute atomic E-state index is 2.60. The van der Waals surface area contributed by atoms with Crippen molar-refractivity contribution in [2.45, 2.75) is 130 Å². The van der Waals surface area contributed by atoms with E-state index < -0.39 is 0 Å². The van der Waals surface area contributed by atoms with Gasteiger partial charge in [-0.05, 0) is 261 Å². The first-order chi connectivity index (χ1) is 28.8. The maximum Gasteiger partial charge on any atom is 0.0543 e. The zero-order chi connectivity index (χ0) is 44.1. The Labute approximate surface area is 366 Å². The van der Waals surface area contributed by atoms with Crippen LogP contribution in [-0.2, 0) is 0 Å². The molecule has 0 amide bonds. The second-order valence-electron chi connectivity index (χ2n) is 19.2. The Balaban J connectivity index is 1.57. The molecule has 0 saturated heterocycles. The van der Waals surface area contributed by atoms with E-state index in [-0.39, 0.29) is 0 Å². The third kappa shape index (κ3) is 6.78. The zero-order valence-electron chi connectivity index (χ0n) is 40.1. The lowest BCUT2D eigenvalue weighted by Gasteiger charge is -2.33. The molecule has 312 valence electrons. The van der Waals surface area contributed by atoms with E-state index in [2.05, 4.69) is 206 Å². The van der Waals surface area contributed by atoms with Gasteiger partial charge in [0.15, 0.2) is 0 Å². The van der Waals surface area contributed by atoms with Crippen molar-refractivity contribution in [3.63, 3.8) is 0 Å². The van der Waals surface area contributed by atoms with Crippen LogP contribution in [0.15, 0.2) is 78.9 Å². The lowest BCUT2D eigenvalue weighted by molar-refractivity contribution is 0.875. The van der Waals surface area contributed by atoms with Crippen molar-refractivity contribution in [3.8, 4) is 0 Å². The quantitative estimate of drug-likeness (QED) is 0.141. The zero-order valence-corrected chi connectivity index (χ0v) is 40.1. The highest BCUT2D eigenvalue weighted by Crippen LogP contribution is 2.52. The van der Waals surface area contributed by atoms with Crippen molar-refractivity contribution in [2.75, 3.05) is 9.80 Å². The Hall–Kier alpha value is -5.60. The van der Waals surface area contributed by atoms with Crippen molar-refractivity contribution in [1.82, 2.24) is 0 Å². The number of anilines is 6. The van der Waals surface area contributed by atoms with Gasteiger partial charge >= 0.3 is 0 Å². The van der Waals surface area contributed by atoms with Crippen LogP contribution in [0.3, 0.4) is 0 Å². The highest BCUT2D eigenvalue weighted by molar-refractivity contribution is 6.29. The van der Waals surface area contributed by atoms with E-state index in [1.165, 1.54) is 150 Å². The van der Waals surface area contributed by atoms with Crippen LogP contribution in [0.2, 0.25) is 0 Å². The first-order valence-electron chi connectivity index (χ1n) is 22.5. The van der Waals surface area contributed by atoms with E-state index in [1.807, 2.05) is 0 Å². The molecule has 61 heavy (non-hydrogen) atoms. The summed E-state index contributed by atoms with van der Waals surface area (Å²) in [7, 11) is 0. The monoisotopic (exact) mass is 803 g/mol. The van der Waals surface area contributed by atoms with Crippen molar-refractivity contribution < 1.29 is 0 Å². The van der Waals surface area contributed by atoms with Gasteiger partial charge in [0.2, 0.25) is 0 Å². The minimum absolute atomic E-state index is 0.312. The van der Waals surface area contributed by atoms with Crippen molar-refractivity contribution in [3.05, 3.63) is 162 Å². The van der Waals surface area contributed by atoms with Crippen LogP contribution in [0.4, 0.5) is 34.1 Å². The van der Waals surface area contributed by atoms with Crippen LogP contribution in [0.5, 0.6) is 0 Å². The summed E-state index contributed by atoms with van der Waals surface area (Å²) in [5, 5.41) is 7.97. The van der Waals surface area contributed by atoms with Gasteiger partial charge in [0.25, 0.3) is 0 Å². The predicted molar refractivity (Wildman–Crippen MR) is 269 cm³/mol. The van der Waals surface area contributed by atoms with E-state index >= 15 is 0 Å². The van der Waals surface area contributed by atoms with Crippen LogP contribution >= 0.6 is 0 Å². The minimum Gasteiger partial charge on any atom is -0.310 e. The lowest BCUT2D eigenvalue weighted by Crippen LogP contribution is -2.15. The summed E-state index contributed by atoms with van der Waals surface area (Å²) in [6.07, 6.45) is 0. The summed E-state index contributed by atoms with van der Waals surface area (Å²) in [5.41, 5.74) is 27.4. The topological polar surface area (TPSA) is 6.48 Å². The van der Waals surface area contributed by atoms with Crippen LogP contribution < -0.4 is 9.80 Å². The molecule has 0 fully saturated rings. The highest BCUT2D eigenvalue weighted by atomic mass is 15.2. The number of rotatable bonds is 8. The molecule has 0 radical (unpaired) electrons. The van der Waals surface area contributed by atoms with Gasteiger partial charge in [0.05, 0.1) is 11.4 Å². The van der Waals surface area contributed by atoms with E-state index in [1.54, 1.807) is 0 Å². The van der Waals surface area contributed by atoms with Gasteiger partial charge in [-0.15, -0.1) is 0 Å². The molecule has 8 aromatic carbocycles. The summed E-state index contributed by atoms with van der Waals surface area (Å²) in [6, 6.07) is 31.6. The Bertz CT molecular complexity index is 2940. The molecule has 2 heteroatoms. The van der Waals surface area contributed by atoms with Gasteiger partial charge in [-0.2, -0.15) is 0 Å². The third-order valence-corrected chi connectivity index (χ3v) is 14.8. The molecule has 2 nitrogen and oxygen atoms in total. The summed E-state index contributed by atoms with van der Waals surface area (Å²) in [4.78, 5) is 5.16. The molecule has 0 aromatic heterocycles. The Morgan fingerprint density at radius 1 is 0.295 bits per heavy atom. The highest BCUT2D eigenvalue weighted by Gasteiger charge is 2.28. The van der Waals surface area contributed by atoms with Crippen molar-refractivity contribution in [1.29, 1.82) is 0 Å². The molecule has 0 spiro atoms. The number of hydrogen-bond donors (Lipinski definition) is 0. The molecule has 0 heterocycles.